The standard InChI is InChI=1S/C13H20ClN3O3S/c1-3-8(4-2)7-15-13(18)11-12(21(14,19)20)10(16-17-11)9-5-6-9/h8-9H,3-7H2,1-2H3,(H,15,18)(H,16,17). The molecular formula is C13H20ClN3O3S. The lowest BCUT2D eigenvalue weighted by molar-refractivity contribution is 0.0938. The fourth-order valence-electron chi connectivity index (χ4n) is 2.29. The van der Waals surface area contributed by atoms with Crippen LogP contribution in [0.4, 0.5) is 0 Å². The van der Waals surface area contributed by atoms with Crippen LogP contribution in [-0.2, 0) is 9.05 Å². The van der Waals surface area contributed by atoms with Gasteiger partial charge in [-0.25, -0.2) is 8.42 Å². The second-order valence-corrected chi connectivity index (χ2v) is 7.92. The van der Waals surface area contributed by atoms with E-state index in [1.54, 1.807) is 0 Å². The molecule has 0 spiro atoms. The molecule has 2 rings (SSSR count). The molecular weight excluding hydrogens is 314 g/mol. The third-order valence-corrected chi connectivity index (χ3v) is 5.26. The summed E-state index contributed by atoms with van der Waals surface area (Å²) in [5.41, 5.74) is 0.329. The first kappa shape index (κ1) is 16.3. The average molecular weight is 334 g/mol. The minimum atomic E-state index is -4.00. The number of nitrogens with one attached hydrogen (secondary N) is 2. The van der Waals surface area contributed by atoms with Crippen LogP contribution >= 0.6 is 10.7 Å². The Balaban J connectivity index is 2.21. The zero-order chi connectivity index (χ0) is 15.6. The van der Waals surface area contributed by atoms with Crippen molar-refractivity contribution in [3.05, 3.63) is 11.4 Å². The maximum absolute atomic E-state index is 12.2. The molecule has 0 aromatic carbocycles. The summed E-state index contributed by atoms with van der Waals surface area (Å²) in [5, 5.41) is 9.28. The number of carbonyl (C=O) groups excluding carboxylic acids is 1. The quantitative estimate of drug-likeness (QED) is 0.749. The Morgan fingerprint density at radius 2 is 2.05 bits per heavy atom. The molecule has 118 valence electrons. The first-order chi connectivity index (χ1) is 9.88. The zero-order valence-corrected chi connectivity index (χ0v) is 13.7. The minimum absolute atomic E-state index is 0.113. The summed E-state index contributed by atoms with van der Waals surface area (Å²) in [7, 11) is 1.47. The Morgan fingerprint density at radius 3 is 2.52 bits per heavy atom. The van der Waals surface area contributed by atoms with Gasteiger partial charge in [0.05, 0.1) is 5.69 Å². The van der Waals surface area contributed by atoms with Crippen molar-refractivity contribution in [3.63, 3.8) is 0 Å². The number of hydrogen-bond donors (Lipinski definition) is 2. The molecule has 0 radical (unpaired) electrons. The third kappa shape index (κ3) is 3.77. The molecule has 1 amide bonds. The van der Waals surface area contributed by atoms with E-state index in [0.29, 0.717) is 18.2 Å². The Labute approximate surface area is 129 Å². The summed E-state index contributed by atoms with van der Waals surface area (Å²) in [4.78, 5) is 12.0. The third-order valence-electron chi connectivity index (χ3n) is 3.90. The van der Waals surface area contributed by atoms with Crippen molar-refractivity contribution in [2.24, 2.45) is 5.92 Å². The summed E-state index contributed by atoms with van der Waals surface area (Å²) in [6, 6.07) is 0. The summed E-state index contributed by atoms with van der Waals surface area (Å²) in [6.45, 7) is 4.60. The van der Waals surface area contributed by atoms with Gasteiger partial charge in [-0.05, 0) is 18.8 Å². The molecule has 1 heterocycles. The molecule has 2 N–H and O–H groups in total. The Morgan fingerprint density at radius 1 is 1.43 bits per heavy atom. The van der Waals surface area contributed by atoms with Crippen LogP contribution in [0.25, 0.3) is 0 Å². The smallest absolute Gasteiger partial charge is 0.273 e. The van der Waals surface area contributed by atoms with Crippen molar-refractivity contribution in [3.8, 4) is 0 Å². The van der Waals surface area contributed by atoms with Crippen LogP contribution in [0.3, 0.4) is 0 Å². The van der Waals surface area contributed by atoms with Gasteiger partial charge in [0.2, 0.25) is 0 Å². The molecule has 0 atom stereocenters. The lowest BCUT2D eigenvalue weighted by atomic mass is 10.0. The fourth-order valence-corrected chi connectivity index (χ4v) is 3.61. The van der Waals surface area contributed by atoms with Crippen molar-refractivity contribution >= 4 is 25.6 Å². The van der Waals surface area contributed by atoms with E-state index < -0.39 is 15.0 Å². The molecule has 0 unspecified atom stereocenters. The zero-order valence-electron chi connectivity index (χ0n) is 12.1. The van der Waals surface area contributed by atoms with Gasteiger partial charge < -0.3 is 5.32 Å². The number of halogens is 1. The van der Waals surface area contributed by atoms with E-state index in [1.165, 1.54) is 0 Å². The van der Waals surface area contributed by atoms with Crippen LogP contribution < -0.4 is 5.32 Å². The van der Waals surface area contributed by atoms with Crippen molar-refractivity contribution in [2.45, 2.75) is 50.3 Å². The van der Waals surface area contributed by atoms with Crippen LogP contribution in [0, 0.1) is 5.92 Å². The van der Waals surface area contributed by atoms with Crippen molar-refractivity contribution in [2.75, 3.05) is 6.54 Å². The molecule has 21 heavy (non-hydrogen) atoms. The van der Waals surface area contributed by atoms with Crippen LogP contribution in [0.2, 0.25) is 0 Å². The van der Waals surface area contributed by atoms with Gasteiger partial charge in [-0.1, -0.05) is 26.7 Å². The van der Waals surface area contributed by atoms with E-state index in [1.807, 2.05) is 0 Å². The second-order valence-electron chi connectivity index (χ2n) is 5.42. The Bertz CT molecular complexity index is 619. The molecule has 1 aliphatic carbocycles. The van der Waals surface area contributed by atoms with E-state index >= 15 is 0 Å². The van der Waals surface area contributed by atoms with Gasteiger partial charge >= 0.3 is 0 Å². The van der Waals surface area contributed by atoms with Crippen molar-refractivity contribution < 1.29 is 13.2 Å². The number of H-pyrrole nitrogens is 1. The van der Waals surface area contributed by atoms with Gasteiger partial charge in [0, 0.05) is 23.1 Å². The van der Waals surface area contributed by atoms with Gasteiger partial charge in [-0.2, -0.15) is 5.10 Å². The van der Waals surface area contributed by atoms with Crippen LogP contribution in [0.5, 0.6) is 0 Å². The molecule has 1 aliphatic rings. The number of amides is 1. The minimum Gasteiger partial charge on any atom is -0.350 e. The molecule has 0 saturated heterocycles. The normalized spacial score (nSPS) is 15.4. The average Bonchev–Trinajstić information content (AvgIpc) is 3.16. The number of carbonyl (C=O) groups is 1. The van der Waals surface area contributed by atoms with E-state index in [0.717, 1.165) is 25.7 Å². The molecule has 0 aliphatic heterocycles. The number of aromatic nitrogens is 2. The first-order valence-corrected chi connectivity index (χ1v) is 9.50. The molecule has 6 nitrogen and oxygen atoms in total. The number of rotatable bonds is 7. The number of nitrogens with zero attached hydrogens (tertiary/aromatic N) is 1. The summed E-state index contributed by atoms with van der Waals surface area (Å²) in [6.07, 6.45) is 3.67. The highest BCUT2D eigenvalue weighted by Crippen LogP contribution is 2.43. The Kier molecular flexibility index (Phi) is 4.93. The lowest BCUT2D eigenvalue weighted by Crippen LogP contribution is -2.30. The van der Waals surface area contributed by atoms with Crippen molar-refractivity contribution in [1.29, 1.82) is 0 Å². The van der Waals surface area contributed by atoms with E-state index in [2.05, 4.69) is 29.4 Å². The van der Waals surface area contributed by atoms with E-state index in [4.69, 9.17) is 10.7 Å². The number of hydrogen-bond acceptors (Lipinski definition) is 4. The molecule has 0 bridgehead atoms. The first-order valence-electron chi connectivity index (χ1n) is 7.19. The predicted molar refractivity (Wildman–Crippen MR) is 80.0 cm³/mol. The highest BCUT2D eigenvalue weighted by Gasteiger charge is 2.36. The molecule has 8 heteroatoms. The number of aromatic amines is 1. The summed E-state index contributed by atoms with van der Waals surface area (Å²) in [5.74, 6) is -0.0160. The molecule has 1 aromatic heterocycles. The highest BCUT2D eigenvalue weighted by molar-refractivity contribution is 8.13. The van der Waals surface area contributed by atoms with E-state index in [-0.39, 0.29) is 16.5 Å². The highest BCUT2D eigenvalue weighted by atomic mass is 35.7. The fraction of sp³-hybridized carbons (Fsp3) is 0.692. The molecule has 1 aromatic rings. The van der Waals surface area contributed by atoms with Gasteiger partial charge in [0.1, 0.15) is 4.90 Å². The summed E-state index contributed by atoms with van der Waals surface area (Å²) < 4.78 is 23.5. The molecule has 1 fully saturated rings. The Hall–Kier alpha value is -1.08. The van der Waals surface area contributed by atoms with Crippen molar-refractivity contribution in [1.82, 2.24) is 15.5 Å². The van der Waals surface area contributed by atoms with Gasteiger partial charge in [-0.3, -0.25) is 9.89 Å². The van der Waals surface area contributed by atoms with Crippen LogP contribution in [0.1, 0.15) is 61.6 Å². The van der Waals surface area contributed by atoms with Gasteiger partial charge in [0.15, 0.2) is 5.69 Å². The monoisotopic (exact) mass is 333 g/mol. The predicted octanol–water partition coefficient (Wildman–Crippen LogP) is 2.38. The van der Waals surface area contributed by atoms with Crippen LogP contribution in [-0.4, -0.2) is 31.1 Å². The van der Waals surface area contributed by atoms with Gasteiger partial charge in [-0.15, -0.1) is 0 Å². The topological polar surface area (TPSA) is 91.9 Å². The summed E-state index contributed by atoms with van der Waals surface area (Å²) >= 11 is 0. The maximum Gasteiger partial charge on any atom is 0.273 e. The van der Waals surface area contributed by atoms with Crippen LogP contribution in [0.15, 0.2) is 4.90 Å². The van der Waals surface area contributed by atoms with E-state index in [9.17, 15) is 13.2 Å². The SMILES string of the molecule is CCC(CC)CNC(=O)c1n[nH]c(C2CC2)c1S(=O)(=O)Cl. The van der Waals surface area contributed by atoms with Gasteiger partial charge in [0.25, 0.3) is 15.0 Å². The molecule has 1 saturated carbocycles. The largest absolute Gasteiger partial charge is 0.350 e. The second kappa shape index (κ2) is 6.36. The maximum atomic E-state index is 12.2. The lowest BCUT2D eigenvalue weighted by Gasteiger charge is -2.12.